The largest absolute Gasteiger partial charge is 0.486 e. The molecule has 0 spiro atoms. The SMILES string of the molecule is CC(C)(C)OCC(F)(F)COC(C)(C)CCC(C)(C)OCC(F)(F)COc1ccc(C(C)(C)C)nc1. The van der Waals surface area contributed by atoms with Crippen molar-refractivity contribution in [3.8, 4) is 5.75 Å². The highest BCUT2D eigenvalue weighted by molar-refractivity contribution is 5.23. The number of alkyl halides is 4. The van der Waals surface area contributed by atoms with Crippen LogP contribution >= 0.6 is 0 Å². The van der Waals surface area contributed by atoms with Crippen LogP contribution in [0.1, 0.15) is 87.8 Å². The van der Waals surface area contributed by atoms with E-state index >= 15 is 0 Å². The number of halogens is 4. The van der Waals surface area contributed by atoms with Crippen molar-refractivity contribution in [3.63, 3.8) is 0 Å². The first-order valence-electron chi connectivity index (χ1n) is 12.3. The van der Waals surface area contributed by atoms with Gasteiger partial charge in [-0.3, -0.25) is 4.98 Å². The number of aromatic nitrogens is 1. The van der Waals surface area contributed by atoms with Crippen LogP contribution in [0.15, 0.2) is 18.3 Å². The van der Waals surface area contributed by atoms with E-state index in [1.54, 1.807) is 60.6 Å². The highest BCUT2D eigenvalue weighted by Crippen LogP contribution is 2.29. The molecule has 5 nitrogen and oxygen atoms in total. The fourth-order valence-electron chi connectivity index (χ4n) is 2.85. The van der Waals surface area contributed by atoms with Gasteiger partial charge in [0.05, 0.1) is 23.0 Å². The third-order valence-electron chi connectivity index (χ3n) is 5.35. The van der Waals surface area contributed by atoms with Crippen LogP contribution in [0.25, 0.3) is 0 Å². The quantitative estimate of drug-likeness (QED) is 0.241. The Balaban J connectivity index is 2.49. The van der Waals surface area contributed by atoms with Crippen LogP contribution in [0.2, 0.25) is 0 Å². The molecule has 1 rings (SSSR count). The standard InChI is InChI=1S/C27H45F4NO4/c1-22(2,3)21-12-11-20(15-32-21)33-16-26(28,29)18-35-24(7,8)13-14-25(9,10)36-19-27(30,31)17-34-23(4,5)6/h11-12,15H,13-14,16-19H2,1-10H3. The van der Waals surface area contributed by atoms with Crippen LogP contribution in [0.4, 0.5) is 17.6 Å². The molecule has 0 aliphatic rings. The Kier molecular flexibility index (Phi) is 10.8. The minimum Gasteiger partial charge on any atom is -0.486 e. The average molecular weight is 524 g/mol. The minimum atomic E-state index is -3.22. The van der Waals surface area contributed by atoms with Gasteiger partial charge < -0.3 is 18.9 Å². The van der Waals surface area contributed by atoms with Crippen molar-refractivity contribution in [3.05, 3.63) is 24.0 Å². The van der Waals surface area contributed by atoms with Crippen molar-refractivity contribution in [2.45, 2.75) is 116 Å². The van der Waals surface area contributed by atoms with Crippen molar-refractivity contribution in [2.75, 3.05) is 26.4 Å². The van der Waals surface area contributed by atoms with Crippen molar-refractivity contribution < 1.29 is 36.5 Å². The lowest BCUT2D eigenvalue weighted by Gasteiger charge is -2.33. The van der Waals surface area contributed by atoms with Crippen LogP contribution in [0.3, 0.4) is 0 Å². The summed E-state index contributed by atoms with van der Waals surface area (Å²) >= 11 is 0. The van der Waals surface area contributed by atoms with Crippen molar-refractivity contribution >= 4 is 0 Å². The van der Waals surface area contributed by atoms with E-state index in [0.717, 1.165) is 5.69 Å². The summed E-state index contributed by atoms with van der Waals surface area (Å²) in [5.41, 5.74) is -1.81. The molecule has 0 saturated heterocycles. The van der Waals surface area contributed by atoms with Crippen LogP contribution in [0, 0.1) is 0 Å². The molecular weight excluding hydrogens is 478 g/mol. The Hall–Kier alpha value is -1.45. The van der Waals surface area contributed by atoms with Gasteiger partial charge in [-0.1, -0.05) is 20.8 Å². The van der Waals surface area contributed by atoms with Gasteiger partial charge in [0.2, 0.25) is 0 Å². The first-order valence-corrected chi connectivity index (χ1v) is 12.3. The lowest BCUT2D eigenvalue weighted by molar-refractivity contribution is -0.180. The lowest BCUT2D eigenvalue weighted by Crippen LogP contribution is -2.40. The van der Waals surface area contributed by atoms with Gasteiger partial charge in [0, 0.05) is 11.1 Å². The molecule has 0 aromatic carbocycles. The van der Waals surface area contributed by atoms with Gasteiger partial charge >= 0.3 is 5.92 Å². The van der Waals surface area contributed by atoms with Crippen molar-refractivity contribution in [1.82, 2.24) is 4.98 Å². The summed E-state index contributed by atoms with van der Waals surface area (Å²) in [5.74, 6) is -6.10. The van der Waals surface area contributed by atoms with E-state index in [-0.39, 0.29) is 11.2 Å². The first kappa shape index (κ1) is 32.6. The Morgan fingerprint density at radius 3 is 1.47 bits per heavy atom. The number of hydrogen-bond donors (Lipinski definition) is 0. The van der Waals surface area contributed by atoms with E-state index in [0.29, 0.717) is 12.8 Å². The summed E-state index contributed by atoms with van der Waals surface area (Å²) in [7, 11) is 0. The van der Waals surface area contributed by atoms with Crippen LogP contribution in [0.5, 0.6) is 5.75 Å². The number of nitrogens with zero attached hydrogens (tertiary/aromatic N) is 1. The first-order chi connectivity index (χ1) is 16.0. The van der Waals surface area contributed by atoms with Gasteiger partial charge in [0.15, 0.2) is 6.61 Å². The molecule has 0 saturated carbocycles. The van der Waals surface area contributed by atoms with Crippen LogP contribution in [-0.2, 0) is 19.6 Å². The Morgan fingerprint density at radius 1 is 0.639 bits per heavy atom. The predicted octanol–water partition coefficient (Wildman–Crippen LogP) is 7.21. The highest BCUT2D eigenvalue weighted by Gasteiger charge is 2.37. The summed E-state index contributed by atoms with van der Waals surface area (Å²) in [6, 6.07) is 3.37. The Morgan fingerprint density at radius 2 is 1.08 bits per heavy atom. The second kappa shape index (κ2) is 11.9. The average Bonchev–Trinajstić information content (AvgIpc) is 2.72. The van der Waals surface area contributed by atoms with Gasteiger partial charge in [0.25, 0.3) is 5.92 Å². The number of pyridine rings is 1. The van der Waals surface area contributed by atoms with Gasteiger partial charge in [-0.2, -0.15) is 0 Å². The molecule has 0 aliphatic heterocycles. The molecule has 1 heterocycles. The molecule has 210 valence electrons. The lowest BCUT2D eigenvalue weighted by atomic mass is 9.92. The molecule has 0 radical (unpaired) electrons. The van der Waals surface area contributed by atoms with Crippen molar-refractivity contribution in [1.29, 1.82) is 0 Å². The smallest absolute Gasteiger partial charge is 0.304 e. The molecule has 0 atom stereocenters. The van der Waals surface area contributed by atoms with Gasteiger partial charge in [-0.15, -0.1) is 0 Å². The fourth-order valence-corrected chi connectivity index (χ4v) is 2.85. The molecule has 1 aromatic rings. The number of hydrogen-bond acceptors (Lipinski definition) is 5. The normalized spacial score (nSPS) is 14.3. The van der Waals surface area contributed by atoms with E-state index in [2.05, 4.69) is 4.98 Å². The molecule has 36 heavy (non-hydrogen) atoms. The van der Waals surface area contributed by atoms with E-state index in [1.165, 1.54) is 6.20 Å². The summed E-state index contributed by atoms with van der Waals surface area (Å²) in [6.07, 6.45) is 2.10. The van der Waals surface area contributed by atoms with Crippen LogP contribution in [-0.4, -0.2) is 60.1 Å². The van der Waals surface area contributed by atoms with Gasteiger partial charge in [0.1, 0.15) is 25.6 Å². The van der Waals surface area contributed by atoms with Gasteiger partial charge in [-0.05, 0) is 73.4 Å². The third-order valence-corrected chi connectivity index (χ3v) is 5.35. The zero-order valence-corrected chi connectivity index (χ0v) is 23.6. The van der Waals surface area contributed by atoms with Crippen molar-refractivity contribution in [2.24, 2.45) is 0 Å². The summed E-state index contributed by atoms with van der Waals surface area (Å²) in [5, 5.41) is 0. The third kappa shape index (κ3) is 13.7. The molecule has 9 heteroatoms. The molecule has 0 unspecified atom stereocenters. The number of rotatable bonds is 14. The monoisotopic (exact) mass is 523 g/mol. The van der Waals surface area contributed by atoms with E-state index < -0.39 is 55.1 Å². The van der Waals surface area contributed by atoms with Gasteiger partial charge in [-0.25, -0.2) is 17.6 Å². The molecule has 0 amide bonds. The van der Waals surface area contributed by atoms with E-state index in [9.17, 15) is 17.6 Å². The molecule has 0 fully saturated rings. The molecule has 0 aliphatic carbocycles. The second-order valence-corrected chi connectivity index (χ2v) is 12.6. The summed E-state index contributed by atoms with van der Waals surface area (Å²) in [6.45, 7) is 14.6. The molecule has 0 bridgehead atoms. The summed E-state index contributed by atoms with van der Waals surface area (Å²) < 4.78 is 78.4. The second-order valence-electron chi connectivity index (χ2n) is 12.6. The molecular formula is C27H45F4NO4. The maximum atomic E-state index is 14.4. The summed E-state index contributed by atoms with van der Waals surface area (Å²) in [4.78, 5) is 4.27. The maximum Gasteiger partial charge on any atom is 0.304 e. The topological polar surface area (TPSA) is 49.8 Å². The molecule has 0 N–H and O–H groups in total. The highest BCUT2D eigenvalue weighted by atomic mass is 19.3. The number of ether oxygens (including phenoxy) is 4. The van der Waals surface area contributed by atoms with Crippen LogP contribution < -0.4 is 4.74 Å². The predicted molar refractivity (Wildman–Crippen MR) is 133 cm³/mol. The Bertz CT molecular complexity index is 797. The molecule has 1 aromatic heterocycles. The zero-order valence-electron chi connectivity index (χ0n) is 23.6. The minimum absolute atomic E-state index is 0.150. The Labute approximate surface area is 214 Å². The van der Waals surface area contributed by atoms with E-state index in [4.69, 9.17) is 18.9 Å². The zero-order chi connectivity index (χ0) is 28.1. The fraction of sp³-hybridized carbons (Fsp3) is 0.815. The maximum absolute atomic E-state index is 14.4. The van der Waals surface area contributed by atoms with E-state index in [1.807, 2.05) is 20.8 Å².